The molecule has 28 heavy (non-hydrogen) atoms. The van der Waals surface area contributed by atoms with Gasteiger partial charge in [0.25, 0.3) is 0 Å². The Hall–Kier alpha value is -2.88. The molecule has 148 valence electrons. The molecule has 1 fully saturated rings. The maximum Gasteiger partial charge on any atom is 0.335 e. The summed E-state index contributed by atoms with van der Waals surface area (Å²) in [5, 5.41) is 8.87. The monoisotopic (exact) mass is 379 g/mol. The van der Waals surface area contributed by atoms with Crippen LogP contribution in [-0.4, -0.2) is 34.5 Å². The molecule has 1 aliphatic rings. The quantitative estimate of drug-likeness (QED) is 0.728. The fourth-order valence-corrected chi connectivity index (χ4v) is 3.14. The third-order valence-corrected chi connectivity index (χ3v) is 4.75. The molecule has 3 rings (SSSR count). The van der Waals surface area contributed by atoms with E-state index in [1.807, 2.05) is 35.2 Å². The van der Waals surface area contributed by atoms with Gasteiger partial charge in [0.2, 0.25) is 5.91 Å². The Labute approximate surface area is 167 Å². The average molecular weight is 380 g/mol. The first-order valence-corrected chi connectivity index (χ1v) is 9.81. The highest BCUT2D eigenvalue weighted by Crippen LogP contribution is 2.20. The highest BCUT2D eigenvalue weighted by Gasteiger charge is 2.28. The summed E-state index contributed by atoms with van der Waals surface area (Å²) in [4.78, 5) is 24.7. The largest absolute Gasteiger partial charge is 0.478 e. The van der Waals surface area contributed by atoms with E-state index >= 15 is 0 Å². The Morgan fingerprint density at radius 3 is 2.36 bits per heavy atom. The summed E-state index contributed by atoms with van der Waals surface area (Å²) >= 11 is 0. The van der Waals surface area contributed by atoms with Crippen LogP contribution in [0.2, 0.25) is 0 Å². The number of rotatable bonds is 6. The minimum Gasteiger partial charge on any atom is -0.478 e. The summed E-state index contributed by atoms with van der Waals surface area (Å²) in [6.45, 7) is 4.85. The summed E-state index contributed by atoms with van der Waals surface area (Å²) < 4.78 is 0. The van der Waals surface area contributed by atoms with Gasteiger partial charge in [0.05, 0.1) is 11.6 Å². The number of carboxylic acid groups (broad SMARTS) is 1. The predicted molar refractivity (Wildman–Crippen MR) is 112 cm³/mol. The van der Waals surface area contributed by atoms with Gasteiger partial charge in [-0.05, 0) is 43.9 Å². The normalized spacial score (nSPS) is 16.1. The van der Waals surface area contributed by atoms with Crippen molar-refractivity contribution < 1.29 is 14.7 Å². The lowest BCUT2D eigenvalue weighted by molar-refractivity contribution is -0.128. The van der Waals surface area contributed by atoms with Crippen LogP contribution in [-0.2, 0) is 11.2 Å². The molecule has 0 spiro atoms. The van der Waals surface area contributed by atoms with Crippen molar-refractivity contribution in [1.29, 1.82) is 0 Å². The van der Waals surface area contributed by atoms with Crippen LogP contribution in [0.4, 0.5) is 0 Å². The molecule has 2 aromatic carbocycles. The lowest BCUT2D eigenvalue weighted by atomic mass is 10.1. The van der Waals surface area contributed by atoms with E-state index in [2.05, 4.69) is 38.1 Å². The van der Waals surface area contributed by atoms with E-state index < -0.39 is 5.97 Å². The smallest absolute Gasteiger partial charge is 0.335 e. The SMILES string of the molecule is CC/C=C/C1CCC(=O)N1CCc1ccc(C(=O)O)cc1.Cc1ccccc1. The number of allylic oxidation sites excluding steroid dienone is 1. The molecule has 1 unspecified atom stereocenters. The third-order valence-electron chi connectivity index (χ3n) is 4.75. The number of aryl methyl sites for hydroxylation is 1. The van der Waals surface area contributed by atoms with E-state index in [0.717, 1.165) is 24.8 Å². The van der Waals surface area contributed by atoms with E-state index in [1.54, 1.807) is 12.1 Å². The molecule has 2 aromatic rings. The number of carboxylic acids is 1. The number of likely N-dealkylation sites (tertiary alicyclic amines) is 1. The Morgan fingerprint density at radius 2 is 1.82 bits per heavy atom. The number of benzene rings is 2. The summed E-state index contributed by atoms with van der Waals surface area (Å²) in [6.07, 6.45) is 7.48. The van der Waals surface area contributed by atoms with Crippen molar-refractivity contribution in [3.05, 3.63) is 83.4 Å². The molecule has 1 amide bonds. The third kappa shape index (κ3) is 6.69. The highest BCUT2D eigenvalue weighted by atomic mass is 16.4. The molecule has 1 aliphatic heterocycles. The summed E-state index contributed by atoms with van der Waals surface area (Å²) in [6, 6.07) is 17.3. The maximum atomic E-state index is 11.9. The molecule has 1 N–H and O–H groups in total. The van der Waals surface area contributed by atoms with Gasteiger partial charge in [-0.3, -0.25) is 4.79 Å². The molecular weight excluding hydrogens is 350 g/mol. The van der Waals surface area contributed by atoms with E-state index in [1.165, 1.54) is 5.56 Å². The van der Waals surface area contributed by atoms with Crippen LogP contribution < -0.4 is 0 Å². The van der Waals surface area contributed by atoms with Crippen LogP contribution in [0.5, 0.6) is 0 Å². The standard InChI is InChI=1S/C17H21NO3.C7H8/c1-2-3-4-15-9-10-16(19)18(15)12-11-13-5-7-14(8-6-13)17(20)21;1-7-5-3-2-4-6-7/h3-8,15H,2,9-12H2,1H3,(H,20,21);2-6H,1H3/b4-3+;. The molecule has 0 aliphatic carbocycles. The Balaban J connectivity index is 0.000000336. The van der Waals surface area contributed by atoms with Gasteiger partial charge in [0.1, 0.15) is 0 Å². The second-order valence-electron chi connectivity index (χ2n) is 6.94. The van der Waals surface area contributed by atoms with Gasteiger partial charge in [-0.25, -0.2) is 4.79 Å². The van der Waals surface area contributed by atoms with Crippen LogP contribution in [0.3, 0.4) is 0 Å². The molecule has 0 saturated carbocycles. The first-order valence-electron chi connectivity index (χ1n) is 9.81. The van der Waals surface area contributed by atoms with Gasteiger partial charge in [-0.15, -0.1) is 0 Å². The van der Waals surface area contributed by atoms with Crippen LogP contribution in [0, 0.1) is 6.92 Å². The Morgan fingerprint density at radius 1 is 1.14 bits per heavy atom. The number of amides is 1. The molecule has 4 nitrogen and oxygen atoms in total. The van der Waals surface area contributed by atoms with Crippen LogP contribution in [0.15, 0.2) is 66.7 Å². The topological polar surface area (TPSA) is 57.6 Å². The second kappa shape index (κ2) is 11.1. The van der Waals surface area contributed by atoms with E-state index in [4.69, 9.17) is 5.11 Å². The fraction of sp³-hybridized carbons (Fsp3) is 0.333. The fourth-order valence-electron chi connectivity index (χ4n) is 3.14. The Bertz CT molecular complexity index is 781. The van der Waals surface area contributed by atoms with Gasteiger partial charge < -0.3 is 10.0 Å². The molecule has 1 saturated heterocycles. The minimum absolute atomic E-state index is 0.211. The van der Waals surface area contributed by atoms with Gasteiger partial charge >= 0.3 is 5.97 Å². The van der Waals surface area contributed by atoms with Crippen molar-refractivity contribution in [1.82, 2.24) is 4.90 Å². The average Bonchev–Trinajstić information content (AvgIpc) is 3.05. The molecule has 1 atom stereocenters. The Kier molecular flexibility index (Phi) is 8.47. The molecule has 1 heterocycles. The number of carbonyl (C=O) groups excluding carboxylic acids is 1. The zero-order valence-electron chi connectivity index (χ0n) is 16.7. The molecule has 4 heteroatoms. The van der Waals surface area contributed by atoms with E-state index in [-0.39, 0.29) is 11.9 Å². The molecule has 0 radical (unpaired) electrons. The van der Waals surface area contributed by atoms with Crippen molar-refractivity contribution in [3.63, 3.8) is 0 Å². The van der Waals surface area contributed by atoms with Crippen molar-refractivity contribution in [3.8, 4) is 0 Å². The number of hydrogen-bond acceptors (Lipinski definition) is 2. The highest BCUT2D eigenvalue weighted by molar-refractivity contribution is 5.87. The van der Waals surface area contributed by atoms with Gasteiger partial charge in [-0.1, -0.05) is 67.1 Å². The van der Waals surface area contributed by atoms with Gasteiger partial charge in [0.15, 0.2) is 0 Å². The summed E-state index contributed by atoms with van der Waals surface area (Å²) in [5.41, 5.74) is 2.67. The molecule has 0 bridgehead atoms. The van der Waals surface area contributed by atoms with E-state index in [9.17, 15) is 9.59 Å². The number of nitrogens with zero attached hydrogens (tertiary/aromatic N) is 1. The lowest BCUT2D eigenvalue weighted by Gasteiger charge is -2.22. The molecule has 0 aromatic heterocycles. The summed E-state index contributed by atoms with van der Waals surface area (Å²) in [5.74, 6) is -0.705. The number of carbonyl (C=O) groups is 2. The van der Waals surface area contributed by atoms with Gasteiger partial charge in [-0.2, -0.15) is 0 Å². The van der Waals surface area contributed by atoms with Crippen molar-refractivity contribution in [2.45, 2.75) is 45.6 Å². The first kappa shape index (κ1) is 21.4. The molecular formula is C24H29NO3. The maximum absolute atomic E-state index is 11.9. The minimum atomic E-state index is -0.916. The van der Waals surface area contributed by atoms with Crippen LogP contribution in [0.25, 0.3) is 0 Å². The van der Waals surface area contributed by atoms with E-state index in [0.29, 0.717) is 18.5 Å². The zero-order valence-corrected chi connectivity index (χ0v) is 16.7. The number of hydrogen-bond donors (Lipinski definition) is 1. The first-order chi connectivity index (χ1) is 13.5. The van der Waals surface area contributed by atoms with Gasteiger partial charge in [0, 0.05) is 13.0 Å². The zero-order chi connectivity index (χ0) is 20.4. The van der Waals surface area contributed by atoms with Crippen molar-refractivity contribution in [2.75, 3.05) is 6.54 Å². The lowest BCUT2D eigenvalue weighted by Crippen LogP contribution is -2.33. The predicted octanol–water partition coefficient (Wildman–Crippen LogP) is 4.88. The van der Waals surface area contributed by atoms with Crippen molar-refractivity contribution >= 4 is 11.9 Å². The van der Waals surface area contributed by atoms with Crippen LogP contribution >= 0.6 is 0 Å². The van der Waals surface area contributed by atoms with Crippen molar-refractivity contribution in [2.24, 2.45) is 0 Å². The number of aromatic carboxylic acids is 1. The van der Waals surface area contributed by atoms with Crippen LogP contribution in [0.1, 0.15) is 47.7 Å². The second-order valence-corrected chi connectivity index (χ2v) is 6.94. The summed E-state index contributed by atoms with van der Waals surface area (Å²) in [7, 11) is 0.